The molecule has 0 radical (unpaired) electrons. The summed E-state index contributed by atoms with van der Waals surface area (Å²) >= 11 is 0. The number of carboxylic acids is 1. The first-order valence-corrected chi connectivity index (χ1v) is 4.82. The van der Waals surface area contributed by atoms with Crippen molar-refractivity contribution in [2.75, 3.05) is 17.2 Å². The Morgan fingerprint density at radius 3 is 2.81 bits per heavy atom. The zero-order chi connectivity index (χ0) is 11.7. The predicted octanol–water partition coefficient (Wildman–Crippen LogP) is 0.101. The van der Waals surface area contributed by atoms with Gasteiger partial charge in [-0.3, -0.25) is 9.59 Å². The summed E-state index contributed by atoms with van der Waals surface area (Å²) in [4.78, 5) is 27.6. The summed E-state index contributed by atoms with van der Waals surface area (Å²) in [6.07, 6.45) is 1.51. The molecule has 1 aliphatic rings. The van der Waals surface area contributed by atoms with Gasteiger partial charge in [-0.25, -0.2) is 4.98 Å². The summed E-state index contributed by atoms with van der Waals surface area (Å²) in [5.41, 5.74) is 6.01. The molecule has 1 aromatic rings. The first-order chi connectivity index (χ1) is 7.58. The van der Waals surface area contributed by atoms with E-state index < -0.39 is 11.9 Å². The largest absolute Gasteiger partial charge is 0.481 e. The third-order valence-electron chi connectivity index (χ3n) is 2.56. The lowest BCUT2D eigenvalue weighted by molar-refractivity contribution is -0.141. The molecule has 2 rings (SSSR count). The van der Waals surface area contributed by atoms with Gasteiger partial charge in [0.2, 0.25) is 5.91 Å². The van der Waals surface area contributed by atoms with Crippen LogP contribution in [0.3, 0.4) is 0 Å². The second-order valence-electron chi connectivity index (χ2n) is 3.68. The molecule has 16 heavy (non-hydrogen) atoms. The highest BCUT2D eigenvalue weighted by Gasteiger charge is 2.35. The van der Waals surface area contributed by atoms with Crippen LogP contribution in [0.4, 0.5) is 11.5 Å². The highest BCUT2D eigenvalue weighted by molar-refractivity contribution is 5.99. The number of anilines is 2. The fraction of sp³-hybridized carbons (Fsp3) is 0.300. The molecule has 1 saturated heterocycles. The molecule has 6 nitrogen and oxygen atoms in total. The van der Waals surface area contributed by atoms with Crippen LogP contribution in [0.25, 0.3) is 0 Å². The van der Waals surface area contributed by atoms with Crippen molar-refractivity contribution in [3.8, 4) is 0 Å². The van der Waals surface area contributed by atoms with Crippen LogP contribution in [-0.2, 0) is 9.59 Å². The Bertz CT molecular complexity index is 429. The Kier molecular flexibility index (Phi) is 2.47. The molecule has 1 amide bonds. The molecular formula is C10H11N3O3. The summed E-state index contributed by atoms with van der Waals surface area (Å²) in [7, 11) is 0. The molecule has 3 N–H and O–H groups in total. The lowest BCUT2D eigenvalue weighted by atomic mass is 10.1. The average molecular weight is 221 g/mol. The number of nitrogens with two attached hydrogens (primary N) is 1. The van der Waals surface area contributed by atoms with E-state index >= 15 is 0 Å². The number of pyridine rings is 1. The molecule has 1 fully saturated rings. The van der Waals surface area contributed by atoms with Gasteiger partial charge < -0.3 is 15.7 Å². The molecule has 0 aliphatic carbocycles. The molecule has 1 unspecified atom stereocenters. The average Bonchev–Trinajstić information content (AvgIpc) is 2.62. The SMILES string of the molecule is Nc1ccc(N2CC(C(=O)O)CC2=O)cn1. The van der Waals surface area contributed by atoms with Gasteiger partial charge in [0.1, 0.15) is 5.82 Å². The van der Waals surface area contributed by atoms with Gasteiger partial charge in [0, 0.05) is 13.0 Å². The number of aliphatic carboxylic acids is 1. The van der Waals surface area contributed by atoms with Crippen LogP contribution in [0.5, 0.6) is 0 Å². The van der Waals surface area contributed by atoms with Crippen molar-refractivity contribution < 1.29 is 14.7 Å². The normalized spacial score (nSPS) is 20.1. The number of hydrogen-bond donors (Lipinski definition) is 2. The summed E-state index contributed by atoms with van der Waals surface area (Å²) in [5, 5.41) is 8.83. The van der Waals surface area contributed by atoms with E-state index in [1.54, 1.807) is 12.1 Å². The number of aromatic nitrogens is 1. The predicted molar refractivity (Wildman–Crippen MR) is 56.7 cm³/mol. The number of carboxylic acid groups (broad SMARTS) is 1. The van der Waals surface area contributed by atoms with Crippen molar-refractivity contribution in [1.82, 2.24) is 4.98 Å². The Balaban J connectivity index is 2.20. The Morgan fingerprint density at radius 1 is 1.56 bits per heavy atom. The minimum atomic E-state index is -0.945. The van der Waals surface area contributed by atoms with E-state index in [4.69, 9.17) is 10.8 Å². The third-order valence-corrected chi connectivity index (χ3v) is 2.56. The fourth-order valence-electron chi connectivity index (χ4n) is 1.68. The zero-order valence-electron chi connectivity index (χ0n) is 8.46. The van der Waals surface area contributed by atoms with Crippen LogP contribution >= 0.6 is 0 Å². The summed E-state index contributed by atoms with van der Waals surface area (Å²) in [6.45, 7) is 0.194. The minimum absolute atomic E-state index is 0.0414. The lowest BCUT2D eigenvalue weighted by Crippen LogP contribution is -2.25. The summed E-state index contributed by atoms with van der Waals surface area (Å²) < 4.78 is 0. The minimum Gasteiger partial charge on any atom is -0.481 e. The second-order valence-corrected chi connectivity index (χ2v) is 3.68. The number of carbonyl (C=O) groups excluding carboxylic acids is 1. The Hall–Kier alpha value is -2.11. The molecular weight excluding hydrogens is 210 g/mol. The first kappa shape index (κ1) is 10.4. The number of hydrogen-bond acceptors (Lipinski definition) is 4. The second kappa shape index (κ2) is 3.80. The van der Waals surface area contributed by atoms with Crippen molar-refractivity contribution >= 4 is 23.4 Å². The van der Waals surface area contributed by atoms with Gasteiger partial charge in [-0.05, 0) is 12.1 Å². The Labute approximate surface area is 91.7 Å². The topological polar surface area (TPSA) is 96.5 Å². The number of carbonyl (C=O) groups is 2. The highest BCUT2D eigenvalue weighted by Crippen LogP contribution is 2.24. The van der Waals surface area contributed by atoms with Crippen LogP contribution in [0.2, 0.25) is 0 Å². The number of rotatable bonds is 2. The van der Waals surface area contributed by atoms with Gasteiger partial charge in [-0.15, -0.1) is 0 Å². The van der Waals surface area contributed by atoms with Crippen LogP contribution in [0.15, 0.2) is 18.3 Å². The van der Waals surface area contributed by atoms with E-state index in [2.05, 4.69) is 4.98 Å². The van der Waals surface area contributed by atoms with E-state index in [9.17, 15) is 9.59 Å². The lowest BCUT2D eigenvalue weighted by Gasteiger charge is -2.15. The molecule has 0 saturated carbocycles. The Morgan fingerprint density at radius 2 is 2.31 bits per heavy atom. The quantitative estimate of drug-likeness (QED) is 0.738. The maximum atomic E-state index is 11.6. The maximum Gasteiger partial charge on any atom is 0.308 e. The van der Waals surface area contributed by atoms with Gasteiger partial charge in [0.15, 0.2) is 0 Å². The van der Waals surface area contributed by atoms with Crippen LogP contribution in [0.1, 0.15) is 6.42 Å². The highest BCUT2D eigenvalue weighted by atomic mass is 16.4. The molecule has 0 bridgehead atoms. The van der Waals surface area contributed by atoms with E-state index in [0.29, 0.717) is 11.5 Å². The molecule has 2 heterocycles. The van der Waals surface area contributed by atoms with Crippen molar-refractivity contribution in [2.45, 2.75) is 6.42 Å². The number of amides is 1. The monoisotopic (exact) mass is 221 g/mol. The van der Waals surface area contributed by atoms with E-state index in [1.165, 1.54) is 11.1 Å². The summed E-state index contributed by atoms with van der Waals surface area (Å²) in [6, 6.07) is 3.24. The van der Waals surface area contributed by atoms with Crippen LogP contribution in [0, 0.1) is 5.92 Å². The van der Waals surface area contributed by atoms with Gasteiger partial charge in [-0.2, -0.15) is 0 Å². The molecule has 1 aliphatic heterocycles. The fourth-order valence-corrected chi connectivity index (χ4v) is 1.68. The van der Waals surface area contributed by atoms with Crippen LogP contribution in [-0.4, -0.2) is 28.5 Å². The molecule has 0 aromatic carbocycles. The molecule has 6 heteroatoms. The maximum absolute atomic E-state index is 11.6. The van der Waals surface area contributed by atoms with Crippen LogP contribution < -0.4 is 10.6 Å². The number of nitrogen functional groups attached to an aromatic ring is 1. The zero-order valence-corrected chi connectivity index (χ0v) is 8.46. The van der Waals surface area contributed by atoms with Crippen molar-refractivity contribution in [1.29, 1.82) is 0 Å². The van der Waals surface area contributed by atoms with Gasteiger partial charge in [-0.1, -0.05) is 0 Å². The van der Waals surface area contributed by atoms with Gasteiger partial charge >= 0.3 is 5.97 Å². The smallest absolute Gasteiger partial charge is 0.308 e. The number of nitrogens with zero attached hydrogens (tertiary/aromatic N) is 2. The molecule has 84 valence electrons. The van der Waals surface area contributed by atoms with Crippen molar-refractivity contribution in [3.63, 3.8) is 0 Å². The molecule has 1 aromatic heterocycles. The molecule has 1 atom stereocenters. The van der Waals surface area contributed by atoms with E-state index in [-0.39, 0.29) is 18.9 Å². The van der Waals surface area contributed by atoms with E-state index in [1.807, 2.05) is 0 Å². The van der Waals surface area contributed by atoms with Gasteiger partial charge in [0.25, 0.3) is 0 Å². The van der Waals surface area contributed by atoms with Crippen molar-refractivity contribution in [2.24, 2.45) is 5.92 Å². The third kappa shape index (κ3) is 1.81. The van der Waals surface area contributed by atoms with Crippen molar-refractivity contribution in [3.05, 3.63) is 18.3 Å². The van der Waals surface area contributed by atoms with E-state index in [0.717, 1.165) is 0 Å². The molecule has 0 spiro atoms. The summed E-state index contributed by atoms with van der Waals surface area (Å²) in [5.74, 6) is -1.41. The van der Waals surface area contributed by atoms with Gasteiger partial charge in [0.05, 0.1) is 17.8 Å². The standard InChI is InChI=1S/C10H11N3O3/c11-8-2-1-7(4-12-8)13-5-6(10(15)16)3-9(13)14/h1-2,4,6H,3,5H2,(H2,11,12)(H,15,16). The first-order valence-electron chi connectivity index (χ1n) is 4.82.